The monoisotopic (exact) mass is 288 g/mol. The van der Waals surface area contributed by atoms with Gasteiger partial charge in [-0.05, 0) is 63.2 Å². The van der Waals surface area contributed by atoms with Crippen molar-refractivity contribution in [3.63, 3.8) is 0 Å². The van der Waals surface area contributed by atoms with Crippen molar-refractivity contribution in [1.29, 1.82) is 0 Å². The van der Waals surface area contributed by atoms with E-state index in [1.165, 1.54) is 40.9 Å². The number of hydrogen-bond donors (Lipinski definition) is 1. The standard InChI is InChI=1S/C17H24N2S/c1-12(18)14-7-9-19(10-8-14)13(2)17-11-15-5-3-4-6-16(15)20-17/h3-6,11-14H,7-10,18H2,1-2H3. The lowest BCUT2D eigenvalue weighted by Crippen LogP contribution is -2.40. The molecule has 0 amide bonds. The minimum Gasteiger partial charge on any atom is -0.328 e. The maximum absolute atomic E-state index is 6.03. The Labute approximate surface area is 125 Å². The van der Waals surface area contributed by atoms with Crippen LogP contribution in [0.5, 0.6) is 0 Å². The molecule has 0 spiro atoms. The van der Waals surface area contributed by atoms with Gasteiger partial charge in [-0.15, -0.1) is 11.3 Å². The Kier molecular flexibility index (Phi) is 4.11. The molecule has 0 saturated carbocycles. The molecular formula is C17H24N2S. The number of nitrogens with zero attached hydrogens (tertiary/aromatic N) is 1. The van der Waals surface area contributed by atoms with Gasteiger partial charge in [0.1, 0.15) is 0 Å². The lowest BCUT2D eigenvalue weighted by Gasteiger charge is -2.37. The highest BCUT2D eigenvalue weighted by Gasteiger charge is 2.26. The van der Waals surface area contributed by atoms with Crippen LogP contribution in [0.25, 0.3) is 10.1 Å². The van der Waals surface area contributed by atoms with E-state index in [2.05, 4.69) is 49.1 Å². The van der Waals surface area contributed by atoms with E-state index in [1.54, 1.807) is 0 Å². The Hall–Kier alpha value is -0.900. The maximum atomic E-state index is 6.03. The molecule has 0 aliphatic carbocycles. The molecule has 108 valence electrons. The van der Waals surface area contributed by atoms with Gasteiger partial charge in [-0.2, -0.15) is 0 Å². The maximum Gasteiger partial charge on any atom is 0.0413 e. The van der Waals surface area contributed by atoms with Crippen LogP contribution in [-0.4, -0.2) is 24.0 Å². The number of piperidine rings is 1. The van der Waals surface area contributed by atoms with Gasteiger partial charge in [-0.25, -0.2) is 0 Å². The zero-order valence-corrected chi connectivity index (χ0v) is 13.2. The first kappa shape index (κ1) is 14.1. The fraction of sp³-hybridized carbons (Fsp3) is 0.529. The molecule has 2 aromatic rings. The number of fused-ring (bicyclic) bond motifs is 1. The molecule has 1 saturated heterocycles. The third-order valence-corrected chi connectivity index (χ3v) is 6.01. The lowest BCUT2D eigenvalue weighted by atomic mass is 9.90. The van der Waals surface area contributed by atoms with E-state index >= 15 is 0 Å². The minimum absolute atomic E-state index is 0.344. The first-order valence-corrected chi connectivity index (χ1v) is 8.45. The predicted octanol–water partition coefficient (Wildman–Crippen LogP) is 4.02. The van der Waals surface area contributed by atoms with Crippen molar-refractivity contribution in [2.75, 3.05) is 13.1 Å². The molecular weight excluding hydrogens is 264 g/mol. The fourth-order valence-corrected chi connectivity index (χ4v) is 4.37. The second kappa shape index (κ2) is 5.84. The van der Waals surface area contributed by atoms with E-state index in [0.29, 0.717) is 18.0 Å². The fourth-order valence-electron chi connectivity index (χ4n) is 3.22. The summed E-state index contributed by atoms with van der Waals surface area (Å²) in [5.74, 6) is 0.709. The summed E-state index contributed by atoms with van der Waals surface area (Å²) >= 11 is 1.94. The van der Waals surface area contributed by atoms with Crippen molar-refractivity contribution in [3.8, 4) is 0 Å². The van der Waals surface area contributed by atoms with Crippen LogP contribution in [0.1, 0.15) is 37.6 Å². The smallest absolute Gasteiger partial charge is 0.0413 e. The lowest BCUT2D eigenvalue weighted by molar-refractivity contribution is 0.134. The molecule has 0 radical (unpaired) electrons. The molecule has 1 aliphatic rings. The Morgan fingerprint density at radius 1 is 1.20 bits per heavy atom. The summed E-state index contributed by atoms with van der Waals surface area (Å²) in [5, 5.41) is 1.38. The predicted molar refractivity (Wildman–Crippen MR) is 88.2 cm³/mol. The summed E-state index contributed by atoms with van der Waals surface area (Å²) in [6.07, 6.45) is 2.49. The zero-order chi connectivity index (χ0) is 14.1. The first-order chi connectivity index (χ1) is 9.65. The second-order valence-corrected chi connectivity index (χ2v) is 7.21. The van der Waals surface area contributed by atoms with Crippen LogP contribution in [0.4, 0.5) is 0 Å². The Balaban J connectivity index is 1.71. The number of nitrogens with two attached hydrogens (primary N) is 1. The molecule has 1 aromatic heterocycles. The van der Waals surface area contributed by atoms with Gasteiger partial charge in [-0.1, -0.05) is 18.2 Å². The molecule has 2 unspecified atom stereocenters. The van der Waals surface area contributed by atoms with Crippen LogP contribution >= 0.6 is 11.3 Å². The van der Waals surface area contributed by atoms with Crippen molar-refractivity contribution in [3.05, 3.63) is 35.2 Å². The minimum atomic E-state index is 0.344. The highest BCUT2D eigenvalue weighted by atomic mass is 32.1. The summed E-state index contributed by atoms with van der Waals surface area (Å²) in [7, 11) is 0. The Morgan fingerprint density at radius 3 is 2.55 bits per heavy atom. The first-order valence-electron chi connectivity index (χ1n) is 7.63. The Morgan fingerprint density at radius 2 is 1.90 bits per heavy atom. The van der Waals surface area contributed by atoms with E-state index in [4.69, 9.17) is 5.73 Å². The largest absolute Gasteiger partial charge is 0.328 e. The molecule has 1 aromatic carbocycles. The summed E-state index contributed by atoms with van der Waals surface area (Å²) in [6, 6.07) is 11.9. The van der Waals surface area contributed by atoms with Gasteiger partial charge in [0.2, 0.25) is 0 Å². The van der Waals surface area contributed by atoms with Gasteiger partial charge < -0.3 is 5.73 Å². The molecule has 2 atom stereocenters. The van der Waals surface area contributed by atoms with Crippen LogP contribution in [-0.2, 0) is 0 Å². The van der Waals surface area contributed by atoms with E-state index in [9.17, 15) is 0 Å². The van der Waals surface area contributed by atoms with Crippen molar-refractivity contribution in [2.45, 2.75) is 38.8 Å². The SMILES string of the molecule is CC(N)C1CCN(C(C)c2cc3ccccc3s2)CC1. The second-order valence-electron chi connectivity index (χ2n) is 6.10. The number of likely N-dealkylation sites (tertiary alicyclic amines) is 1. The molecule has 1 aliphatic heterocycles. The average molecular weight is 288 g/mol. The van der Waals surface area contributed by atoms with Gasteiger partial charge in [0.05, 0.1) is 0 Å². The van der Waals surface area contributed by atoms with Crippen molar-refractivity contribution >= 4 is 21.4 Å². The molecule has 0 bridgehead atoms. The van der Waals surface area contributed by atoms with Gasteiger partial charge in [0, 0.05) is 21.7 Å². The molecule has 1 fully saturated rings. The van der Waals surface area contributed by atoms with E-state index in [0.717, 1.165) is 0 Å². The highest BCUT2D eigenvalue weighted by molar-refractivity contribution is 7.19. The van der Waals surface area contributed by atoms with Crippen molar-refractivity contribution in [1.82, 2.24) is 4.90 Å². The number of hydrogen-bond acceptors (Lipinski definition) is 3. The third-order valence-electron chi connectivity index (χ3n) is 4.72. The van der Waals surface area contributed by atoms with Crippen LogP contribution in [0.3, 0.4) is 0 Å². The van der Waals surface area contributed by atoms with Gasteiger partial charge in [0.15, 0.2) is 0 Å². The average Bonchev–Trinajstić information content (AvgIpc) is 2.90. The molecule has 2 N–H and O–H groups in total. The number of benzene rings is 1. The third kappa shape index (κ3) is 2.76. The normalized spacial score (nSPS) is 21.1. The molecule has 20 heavy (non-hydrogen) atoms. The topological polar surface area (TPSA) is 29.3 Å². The van der Waals surface area contributed by atoms with Crippen molar-refractivity contribution in [2.24, 2.45) is 11.7 Å². The van der Waals surface area contributed by atoms with Crippen LogP contribution in [0.2, 0.25) is 0 Å². The van der Waals surface area contributed by atoms with Crippen LogP contribution < -0.4 is 5.73 Å². The number of rotatable bonds is 3. The summed E-state index contributed by atoms with van der Waals surface area (Å²) < 4.78 is 1.40. The molecule has 3 rings (SSSR count). The summed E-state index contributed by atoms with van der Waals surface area (Å²) in [4.78, 5) is 4.11. The molecule has 2 heterocycles. The quantitative estimate of drug-likeness (QED) is 0.924. The van der Waals surface area contributed by atoms with Gasteiger partial charge >= 0.3 is 0 Å². The van der Waals surface area contributed by atoms with E-state index in [1.807, 2.05) is 11.3 Å². The Bertz CT molecular complexity index is 534. The van der Waals surface area contributed by atoms with E-state index in [-0.39, 0.29) is 0 Å². The van der Waals surface area contributed by atoms with Gasteiger partial charge in [0.25, 0.3) is 0 Å². The van der Waals surface area contributed by atoms with Crippen molar-refractivity contribution < 1.29 is 0 Å². The highest BCUT2D eigenvalue weighted by Crippen LogP contribution is 2.34. The molecule has 2 nitrogen and oxygen atoms in total. The number of thiophene rings is 1. The molecule has 3 heteroatoms. The van der Waals surface area contributed by atoms with Crippen LogP contribution in [0, 0.1) is 5.92 Å². The van der Waals surface area contributed by atoms with Gasteiger partial charge in [-0.3, -0.25) is 4.90 Å². The summed E-state index contributed by atoms with van der Waals surface area (Å²) in [5.41, 5.74) is 6.03. The summed E-state index contributed by atoms with van der Waals surface area (Å²) in [6.45, 7) is 6.86. The van der Waals surface area contributed by atoms with Crippen LogP contribution in [0.15, 0.2) is 30.3 Å². The van der Waals surface area contributed by atoms with E-state index < -0.39 is 0 Å². The zero-order valence-electron chi connectivity index (χ0n) is 12.4.